The molecule has 238 valence electrons. The first-order valence-corrected chi connectivity index (χ1v) is 12.7. The monoisotopic (exact) mass is 668 g/mol. The third-order valence-electron chi connectivity index (χ3n) is 5.57. The van der Waals surface area contributed by atoms with E-state index < -0.39 is 68.7 Å². The molecule has 0 N–H and O–H groups in total. The van der Waals surface area contributed by atoms with E-state index in [-0.39, 0.29) is 67.6 Å². The molecule has 0 heterocycles. The molecule has 0 spiro atoms. The van der Waals surface area contributed by atoms with E-state index in [2.05, 4.69) is 0 Å². The van der Waals surface area contributed by atoms with Crippen molar-refractivity contribution in [3.63, 3.8) is 0 Å². The Bertz CT molecular complexity index is 1160. The minimum Gasteiger partial charge on any atom is -0.748 e. The summed E-state index contributed by atoms with van der Waals surface area (Å²) in [6, 6.07) is 0.367. The Morgan fingerprint density at radius 3 is 1.55 bits per heavy atom. The van der Waals surface area contributed by atoms with Gasteiger partial charge in [-0.1, -0.05) is 12.1 Å². The van der Waals surface area contributed by atoms with Crippen LogP contribution in [-0.4, -0.2) is 98.0 Å². The van der Waals surface area contributed by atoms with Gasteiger partial charge in [-0.15, -0.1) is 0 Å². The Kier molecular flexibility index (Phi) is 13.3. The molecule has 0 saturated heterocycles. The second-order valence-electron chi connectivity index (χ2n) is 9.01. The number of carbonyl (C=O) groups excluding carboxylic acids is 1. The van der Waals surface area contributed by atoms with Gasteiger partial charge in [0.05, 0.1) is 10.1 Å². The van der Waals surface area contributed by atoms with E-state index in [1.165, 1.54) is 0 Å². The number of rotatable bonds is 14. The van der Waals surface area contributed by atoms with Crippen molar-refractivity contribution in [2.75, 3.05) is 39.5 Å². The molecule has 1 aromatic rings. The summed E-state index contributed by atoms with van der Waals surface area (Å²) in [7, 11) is -1.40. The maximum Gasteiger partial charge on any atom is 1.00 e. The number of amides is 1. The average Bonchev–Trinajstić information content (AvgIpc) is 2.80. The Balaban J connectivity index is 0.0000168. The molecule has 1 rings (SSSR count). The van der Waals surface area contributed by atoms with Gasteiger partial charge in [-0.05, 0) is 45.6 Å². The second kappa shape index (κ2) is 13.7. The number of benzene rings is 1. The largest absolute Gasteiger partial charge is 1.00 e. The van der Waals surface area contributed by atoms with Crippen molar-refractivity contribution >= 4 is 16.0 Å². The van der Waals surface area contributed by atoms with E-state index in [1.807, 2.05) is 0 Å². The molecule has 0 aliphatic heterocycles. The number of halogens is 13. The van der Waals surface area contributed by atoms with E-state index in [0.717, 1.165) is 4.90 Å². The van der Waals surface area contributed by atoms with Gasteiger partial charge >= 0.3 is 65.3 Å². The fourth-order valence-electron chi connectivity index (χ4n) is 3.28. The van der Waals surface area contributed by atoms with Gasteiger partial charge in [-0.3, -0.25) is 4.79 Å². The molecule has 1 amide bonds. The van der Waals surface area contributed by atoms with Crippen molar-refractivity contribution in [1.82, 2.24) is 9.80 Å². The first kappa shape index (κ1) is 40.6. The van der Waals surface area contributed by atoms with Crippen LogP contribution in [0.2, 0.25) is 0 Å². The third-order valence-corrected chi connectivity index (χ3v) is 6.36. The predicted octanol–water partition coefficient (Wildman–Crippen LogP) is 2.22. The Morgan fingerprint density at radius 1 is 0.714 bits per heavy atom. The summed E-state index contributed by atoms with van der Waals surface area (Å²) in [6.07, 6.45) is -7.66. The Labute approximate surface area is 253 Å². The van der Waals surface area contributed by atoms with Gasteiger partial charge in [0.15, 0.2) is 0 Å². The smallest absolute Gasteiger partial charge is 0.748 e. The molecular weight excluding hydrogens is 646 g/mol. The number of carbonyl (C=O) groups is 1. The molecule has 0 atom stereocenters. The molecule has 42 heavy (non-hydrogen) atoms. The van der Waals surface area contributed by atoms with Crippen LogP contribution in [0.25, 0.3) is 0 Å². The van der Waals surface area contributed by atoms with Gasteiger partial charge in [0.1, 0.15) is 0 Å². The molecule has 0 saturated carbocycles. The van der Waals surface area contributed by atoms with Crippen molar-refractivity contribution in [2.24, 2.45) is 0 Å². The van der Waals surface area contributed by atoms with Gasteiger partial charge in [0.2, 0.25) is 0 Å². The van der Waals surface area contributed by atoms with Crippen molar-refractivity contribution in [3.05, 3.63) is 35.4 Å². The van der Waals surface area contributed by atoms with Crippen LogP contribution in [0.5, 0.6) is 0 Å². The van der Waals surface area contributed by atoms with E-state index in [4.69, 9.17) is 0 Å². The minimum atomic E-state index is -8.04. The summed E-state index contributed by atoms with van der Waals surface area (Å²) < 4.78 is 207. The summed E-state index contributed by atoms with van der Waals surface area (Å²) in [5.41, 5.74) is -2.86. The van der Waals surface area contributed by atoms with Crippen molar-refractivity contribution in [1.29, 1.82) is 0 Å². The summed E-state index contributed by atoms with van der Waals surface area (Å²) in [6.45, 7) is -0.116. The topological polar surface area (TPSA) is 80.8 Å². The SMILES string of the molecule is CN(C)CCCN(CCCS(=O)(=O)[O-])C(=O)c1ccc(C(F)(F)C(F)(F)C(F)(F)C(F)(F)C(F)(F)C(F)(F)F)cc1.[Na+]. The quantitative estimate of drug-likeness (QED) is 0.173. The Hall–Kier alpha value is -1.35. The molecular formula is C21H22F13N2NaO4S. The van der Waals surface area contributed by atoms with Crippen molar-refractivity contribution in [3.8, 4) is 0 Å². The molecule has 0 bridgehead atoms. The molecule has 0 radical (unpaired) electrons. The molecule has 1 aromatic carbocycles. The number of alkyl halides is 13. The summed E-state index contributed by atoms with van der Waals surface area (Å²) in [4.78, 5) is 15.4. The molecule has 21 heteroatoms. The van der Waals surface area contributed by atoms with Crippen LogP contribution >= 0.6 is 0 Å². The van der Waals surface area contributed by atoms with E-state index in [9.17, 15) is 74.8 Å². The van der Waals surface area contributed by atoms with Crippen LogP contribution in [0.3, 0.4) is 0 Å². The maximum absolute atomic E-state index is 14.4. The molecule has 0 aliphatic carbocycles. The van der Waals surface area contributed by atoms with Gasteiger partial charge in [0, 0.05) is 30.0 Å². The third kappa shape index (κ3) is 8.42. The van der Waals surface area contributed by atoms with E-state index in [1.54, 1.807) is 19.0 Å². The van der Waals surface area contributed by atoms with Gasteiger partial charge in [-0.2, -0.15) is 57.1 Å². The normalized spacial score (nSPS) is 14.1. The zero-order valence-electron chi connectivity index (χ0n) is 21.9. The average molecular weight is 668 g/mol. The van der Waals surface area contributed by atoms with Crippen LogP contribution in [0.15, 0.2) is 24.3 Å². The standard InChI is InChI=1S/C21H23F13N2O4S.Na/c1-35(2)9-3-10-36(11-4-12-41(38,39)40)15(37)13-5-7-14(8-6-13)16(22,23)17(24,25)18(26,27)19(28,29)20(30,31)21(32,33)34;/h5-8H,3-4,9-12H2,1-2H3,(H,38,39,40);/q;+1/p-1. The van der Waals surface area contributed by atoms with Crippen molar-refractivity contribution < 1.29 is 104 Å². The maximum atomic E-state index is 14.4. The van der Waals surface area contributed by atoms with E-state index in [0.29, 0.717) is 18.7 Å². The van der Waals surface area contributed by atoms with Gasteiger partial charge < -0.3 is 14.4 Å². The second-order valence-corrected chi connectivity index (χ2v) is 10.5. The summed E-state index contributed by atoms with van der Waals surface area (Å²) in [5, 5.41) is 0. The first-order chi connectivity index (χ1) is 18.1. The first-order valence-electron chi connectivity index (χ1n) is 11.1. The van der Waals surface area contributed by atoms with Crippen LogP contribution in [0.4, 0.5) is 57.1 Å². The van der Waals surface area contributed by atoms with Crippen LogP contribution in [-0.2, 0) is 16.0 Å². The zero-order valence-corrected chi connectivity index (χ0v) is 24.7. The van der Waals surface area contributed by atoms with E-state index >= 15 is 0 Å². The van der Waals surface area contributed by atoms with Crippen LogP contribution in [0.1, 0.15) is 28.8 Å². The molecule has 6 nitrogen and oxygen atoms in total. The number of hydrogen-bond acceptors (Lipinski definition) is 5. The van der Waals surface area contributed by atoms with Gasteiger partial charge in [0.25, 0.3) is 5.91 Å². The van der Waals surface area contributed by atoms with Crippen LogP contribution < -0.4 is 29.6 Å². The minimum absolute atomic E-state index is 0. The number of hydrogen-bond donors (Lipinski definition) is 0. The summed E-state index contributed by atoms with van der Waals surface area (Å²) in [5.74, 6) is -39.8. The molecule has 0 fully saturated rings. The fraction of sp³-hybridized carbons (Fsp3) is 0.667. The van der Waals surface area contributed by atoms with Gasteiger partial charge in [-0.25, -0.2) is 8.42 Å². The number of nitrogens with zero attached hydrogens (tertiary/aromatic N) is 2. The predicted molar refractivity (Wildman–Crippen MR) is 114 cm³/mol. The summed E-state index contributed by atoms with van der Waals surface area (Å²) >= 11 is 0. The van der Waals surface area contributed by atoms with Crippen LogP contribution in [0, 0.1) is 0 Å². The molecule has 0 unspecified atom stereocenters. The fourth-order valence-corrected chi connectivity index (χ4v) is 3.76. The Morgan fingerprint density at radius 2 is 1.14 bits per heavy atom. The zero-order chi connectivity index (χ0) is 32.5. The van der Waals surface area contributed by atoms with Crippen molar-refractivity contribution in [2.45, 2.75) is 48.6 Å². The molecule has 0 aromatic heterocycles. The molecule has 0 aliphatic rings.